The fourth-order valence-electron chi connectivity index (χ4n) is 3.82. The summed E-state index contributed by atoms with van der Waals surface area (Å²) in [6, 6.07) is 17.1. The van der Waals surface area contributed by atoms with Crippen molar-refractivity contribution in [2.24, 2.45) is 10.1 Å². The van der Waals surface area contributed by atoms with Crippen molar-refractivity contribution in [2.45, 2.75) is 20.8 Å². The normalized spacial score (nSPS) is 13.1. The molecule has 8 nitrogen and oxygen atoms in total. The van der Waals surface area contributed by atoms with Crippen molar-refractivity contribution >= 4 is 28.9 Å². The average Bonchev–Trinajstić information content (AvgIpc) is 3.46. The smallest absolute Gasteiger partial charge is 0.282 e. The van der Waals surface area contributed by atoms with Crippen LogP contribution in [0.1, 0.15) is 22.3 Å². The van der Waals surface area contributed by atoms with Gasteiger partial charge in [-0.2, -0.15) is 5.10 Å². The summed E-state index contributed by atoms with van der Waals surface area (Å²) in [4.78, 5) is 16.8. The first-order valence-electron chi connectivity index (χ1n) is 10.9. The lowest BCUT2D eigenvalue weighted by molar-refractivity contribution is -0.385. The van der Waals surface area contributed by atoms with E-state index in [2.05, 4.69) is 5.10 Å². The predicted molar refractivity (Wildman–Crippen MR) is 136 cm³/mol. The molecule has 0 saturated carbocycles. The number of rotatable bonds is 5. The minimum Gasteiger partial charge on any atom is -0.454 e. The van der Waals surface area contributed by atoms with Crippen LogP contribution in [-0.4, -0.2) is 22.6 Å². The summed E-state index contributed by atoms with van der Waals surface area (Å²) in [5, 5.41) is 18.4. The Hall–Kier alpha value is -4.24. The Labute approximate surface area is 205 Å². The molecule has 0 amide bonds. The lowest BCUT2D eigenvalue weighted by Gasteiger charge is -2.06. The molecule has 5 rings (SSSR count). The summed E-state index contributed by atoms with van der Waals surface area (Å²) < 4.78 is 12.4. The zero-order chi connectivity index (χ0) is 24.5. The number of benzene rings is 3. The molecule has 2 heterocycles. The SMILES string of the molecule is Cc1ccc(-c2csc(=Nc3c(C)cccc3C)n2N=Cc2cc3c(cc2[N+](=O)[O-])OCO3)cc1. The molecule has 0 atom stereocenters. The van der Waals surface area contributed by atoms with Crippen molar-refractivity contribution in [1.29, 1.82) is 0 Å². The highest BCUT2D eigenvalue weighted by atomic mass is 32.1. The Morgan fingerprint density at radius 3 is 2.40 bits per heavy atom. The van der Waals surface area contributed by atoms with Crippen molar-refractivity contribution in [3.8, 4) is 22.8 Å². The van der Waals surface area contributed by atoms with Crippen molar-refractivity contribution in [1.82, 2.24) is 4.68 Å². The van der Waals surface area contributed by atoms with Gasteiger partial charge in [-0.25, -0.2) is 9.67 Å². The van der Waals surface area contributed by atoms with E-state index in [1.165, 1.54) is 23.6 Å². The molecule has 1 aliphatic heterocycles. The lowest BCUT2D eigenvalue weighted by Crippen LogP contribution is -2.12. The van der Waals surface area contributed by atoms with E-state index >= 15 is 0 Å². The summed E-state index contributed by atoms with van der Waals surface area (Å²) >= 11 is 1.46. The maximum atomic E-state index is 11.7. The highest BCUT2D eigenvalue weighted by Crippen LogP contribution is 2.37. The number of aromatic nitrogens is 1. The van der Waals surface area contributed by atoms with E-state index in [-0.39, 0.29) is 12.5 Å². The van der Waals surface area contributed by atoms with Gasteiger partial charge in [0, 0.05) is 10.9 Å². The minimum absolute atomic E-state index is 0.0305. The third-order valence-corrected chi connectivity index (χ3v) is 6.53. The molecule has 35 heavy (non-hydrogen) atoms. The second kappa shape index (κ2) is 9.19. The maximum Gasteiger partial charge on any atom is 0.282 e. The van der Waals surface area contributed by atoms with Crippen LogP contribution < -0.4 is 14.3 Å². The topological polar surface area (TPSA) is 91.2 Å². The predicted octanol–water partition coefficient (Wildman–Crippen LogP) is 5.89. The molecule has 0 unspecified atom stereocenters. The first-order chi connectivity index (χ1) is 16.9. The van der Waals surface area contributed by atoms with Gasteiger partial charge in [0.05, 0.1) is 34.1 Å². The molecule has 176 valence electrons. The molecule has 0 radical (unpaired) electrons. The number of fused-ring (bicyclic) bond motifs is 1. The molecule has 0 bridgehead atoms. The molecule has 0 saturated heterocycles. The second-order valence-electron chi connectivity index (χ2n) is 8.20. The number of hydrogen-bond acceptors (Lipinski definition) is 7. The highest BCUT2D eigenvalue weighted by Gasteiger charge is 2.22. The van der Waals surface area contributed by atoms with Crippen LogP contribution in [-0.2, 0) is 0 Å². The van der Waals surface area contributed by atoms with Crippen LogP contribution in [0.5, 0.6) is 11.5 Å². The summed E-state index contributed by atoms with van der Waals surface area (Å²) in [6.45, 7) is 6.10. The summed E-state index contributed by atoms with van der Waals surface area (Å²) in [6.07, 6.45) is 1.47. The van der Waals surface area contributed by atoms with Gasteiger partial charge in [0.15, 0.2) is 11.5 Å². The van der Waals surface area contributed by atoms with E-state index in [0.717, 1.165) is 33.6 Å². The van der Waals surface area contributed by atoms with E-state index in [1.54, 1.807) is 10.7 Å². The largest absolute Gasteiger partial charge is 0.454 e. The van der Waals surface area contributed by atoms with Crippen LogP contribution in [0.25, 0.3) is 11.3 Å². The molecule has 3 aromatic carbocycles. The van der Waals surface area contributed by atoms with E-state index in [0.29, 0.717) is 21.9 Å². The first kappa shape index (κ1) is 22.5. The fraction of sp³-hybridized carbons (Fsp3) is 0.154. The Morgan fingerprint density at radius 1 is 1.03 bits per heavy atom. The standard InChI is InChI=1S/C26H22N4O4S/c1-16-7-9-19(10-8-16)22-14-35-26(28-25-17(2)5-4-6-18(25)3)29(22)27-13-20-11-23-24(34-15-33-23)12-21(20)30(31)32/h4-14H,15H2,1-3H3. The molecule has 0 spiro atoms. The summed E-state index contributed by atoms with van der Waals surface area (Å²) in [7, 11) is 0. The zero-order valence-corrected chi connectivity index (χ0v) is 20.2. The third kappa shape index (κ3) is 4.45. The zero-order valence-electron chi connectivity index (χ0n) is 19.4. The fourth-order valence-corrected chi connectivity index (χ4v) is 4.66. The summed E-state index contributed by atoms with van der Waals surface area (Å²) in [5.41, 5.74) is 6.13. The Kier molecular flexibility index (Phi) is 5.92. The molecule has 4 aromatic rings. The van der Waals surface area contributed by atoms with Gasteiger partial charge in [0.25, 0.3) is 5.69 Å². The molecule has 9 heteroatoms. The quantitative estimate of drug-likeness (QED) is 0.200. The van der Waals surface area contributed by atoms with Gasteiger partial charge >= 0.3 is 0 Å². The maximum absolute atomic E-state index is 11.7. The van der Waals surface area contributed by atoms with Crippen molar-refractivity contribution in [3.63, 3.8) is 0 Å². The molecule has 1 aromatic heterocycles. The van der Waals surface area contributed by atoms with E-state index in [1.807, 2.05) is 68.6 Å². The number of thiazole rings is 1. The first-order valence-corrected chi connectivity index (χ1v) is 11.8. The lowest BCUT2D eigenvalue weighted by atomic mass is 10.1. The summed E-state index contributed by atoms with van der Waals surface area (Å²) in [5.74, 6) is 0.801. The molecular weight excluding hydrogens is 464 g/mol. The van der Waals surface area contributed by atoms with E-state index in [4.69, 9.17) is 14.5 Å². The molecular formula is C26H22N4O4S. The van der Waals surface area contributed by atoms with E-state index < -0.39 is 4.92 Å². The third-order valence-electron chi connectivity index (χ3n) is 5.71. The van der Waals surface area contributed by atoms with Gasteiger partial charge in [0.2, 0.25) is 11.6 Å². The van der Waals surface area contributed by atoms with Crippen LogP contribution in [0.4, 0.5) is 11.4 Å². The minimum atomic E-state index is -0.454. The second-order valence-corrected chi connectivity index (χ2v) is 9.04. The molecule has 0 aliphatic carbocycles. The van der Waals surface area contributed by atoms with Gasteiger partial charge in [-0.05, 0) is 38.0 Å². The Morgan fingerprint density at radius 2 is 1.71 bits per heavy atom. The van der Waals surface area contributed by atoms with Crippen molar-refractivity contribution in [3.05, 3.63) is 97.1 Å². The van der Waals surface area contributed by atoms with Gasteiger partial charge in [-0.1, -0.05) is 48.0 Å². The Bertz CT molecular complexity index is 1510. The number of nitro benzene ring substituents is 1. The number of ether oxygens (including phenoxy) is 2. The van der Waals surface area contributed by atoms with Crippen LogP contribution in [0.2, 0.25) is 0 Å². The Balaban J connectivity index is 1.68. The van der Waals surface area contributed by atoms with E-state index in [9.17, 15) is 10.1 Å². The van der Waals surface area contributed by atoms with Crippen molar-refractivity contribution < 1.29 is 14.4 Å². The molecule has 1 aliphatic rings. The number of para-hydroxylation sites is 1. The average molecular weight is 487 g/mol. The van der Waals surface area contributed by atoms with Gasteiger partial charge < -0.3 is 9.47 Å². The number of nitro groups is 1. The number of hydrogen-bond donors (Lipinski definition) is 0. The number of nitrogens with zero attached hydrogens (tertiary/aromatic N) is 4. The van der Waals surface area contributed by atoms with Crippen LogP contribution in [0.15, 0.2) is 70.1 Å². The van der Waals surface area contributed by atoms with Crippen LogP contribution in [0, 0.1) is 30.9 Å². The van der Waals surface area contributed by atoms with Gasteiger partial charge in [0.1, 0.15) is 0 Å². The molecule has 0 fully saturated rings. The van der Waals surface area contributed by atoms with Gasteiger partial charge in [-0.15, -0.1) is 11.3 Å². The monoisotopic (exact) mass is 486 g/mol. The number of aryl methyl sites for hydroxylation is 3. The highest BCUT2D eigenvalue weighted by molar-refractivity contribution is 7.07. The molecule has 0 N–H and O–H groups in total. The van der Waals surface area contributed by atoms with Crippen LogP contribution in [0.3, 0.4) is 0 Å². The van der Waals surface area contributed by atoms with Crippen LogP contribution >= 0.6 is 11.3 Å². The van der Waals surface area contributed by atoms with Crippen molar-refractivity contribution in [2.75, 3.05) is 6.79 Å². The van der Waals surface area contributed by atoms with Gasteiger partial charge in [-0.3, -0.25) is 10.1 Å².